The monoisotopic (exact) mass is 315 g/mol. The topological polar surface area (TPSA) is 57.6 Å². The summed E-state index contributed by atoms with van der Waals surface area (Å²) in [4.78, 5) is 0. The summed E-state index contributed by atoms with van der Waals surface area (Å²) >= 11 is 3.32. The van der Waals surface area contributed by atoms with Gasteiger partial charge < -0.3 is 19.6 Å². The first-order chi connectivity index (χ1) is 8.69. The fourth-order valence-corrected chi connectivity index (χ4v) is 3.29. The normalized spacial score (nSPS) is 34.0. The molecule has 3 atom stereocenters. The van der Waals surface area contributed by atoms with E-state index in [1.165, 1.54) is 0 Å². The molecule has 2 aliphatic rings. The minimum atomic E-state index is -0.0929. The predicted molar refractivity (Wildman–Crippen MR) is 70.2 cm³/mol. The third-order valence-corrected chi connectivity index (χ3v) is 4.45. The van der Waals surface area contributed by atoms with Crippen LogP contribution in [0.1, 0.15) is 31.1 Å². The minimum Gasteiger partial charge on any atom is -0.453 e. The number of rotatable bonds is 2. The summed E-state index contributed by atoms with van der Waals surface area (Å²) in [6.07, 6.45) is 2.94. The average Bonchev–Trinajstić information content (AvgIpc) is 2.98. The smallest absolute Gasteiger partial charge is 0.169 e. The van der Waals surface area contributed by atoms with Crippen LogP contribution in [-0.4, -0.2) is 25.4 Å². The molecule has 0 amide bonds. The van der Waals surface area contributed by atoms with Crippen LogP contribution in [0.3, 0.4) is 0 Å². The molecule has 5 heteroatoms. The van der Waals surface area contributed by atoms with Crippen LogP contribution in [0.25, 0.3) is 0 Å². The average molecular weight is 316 g/mol. The van der Waals surface area contributed by atoms with E-state index in [1.807, 2.05) is 12.1 Å². The van der Waals surface area contributed by atoms with E-state index >= 15 is 0 Å². The maximum Gasteiger partial charge on any atom is 0.169 e. The second kappa shape index (κ2) is 4.96. The van der Waals surface area contributed by atoms with Crippen molar-refractivity contribution in [1.29, 1.82) is 0 Å². The standard InChI is InChI=1S/C13H18BrNO3/c14-11-2-1-10(18-11)12(15)9-3-5-17-13(7-9)4-6-16-8-13/h1-2,9,12H,3-8,15H2. The second-order valence-corrected chi connectivity index (χ2v) is 6.04. The number of halogens is 1. The van der Waals surface area contributed by atoms with Gasteiger partial charge in [0.05, 0.1) is 18.2 Å². The number of furan rings is 1. The van der Waals surface area contributed by atoms with E-state index in [4.69, 9.17) is 19.6 Å². The molecule has 18 heavy (non-hydrogen) atoms. The molecule has 2 saturated heterocycles. The van der Waals surface area contributed by atoms with E-state index in [9.17, 15) is 0 Å². The Morgan fingerprint density at radius 3 is 2.94 bits per heavy atom. The lowest BCUT2D eigenvalue weighted by Gasteiger charge is -2.38. The highest BCUT2D eigenvalue weighted by Gasteiger charge is 2.43. The molecule has 2 fully saturated rings. The van der Waals surface area contributed by atoms with Crippen molar-refractivity contribution in [2.24, 2.45) is 11.7 Å². The predicted octanol–water partition coefficient (Wildman–Crippen LogP) is 2.63. The Morgan fingerprint density at radius 2 is 2.28 bits per heavy atom. The van der Waals surface area contributed by atoms with Crippen molar-refractivity contribution in [3.63, 3.8) is 0 Å². The summed E-state index contributed by atoms with van der Waals surface area (Å²) in [5.74, 6) is 1.25. The van der Waals surface area contributed by atoms with Gasteiger partial charge in [0, 0.05) is 19.6 Å². The van der Waals surface area contributed by atoms with Crippen molar-refractivity contribution < 1.29 is 13.9 Å². The molecule has 100 valence electrons. The van der Waals surface area contributed by atoms with Gasteiger partial charge in [-0.25, -0.2) is 0 Å². The van der Waals surface area contributed by atoms with Crippen LogP contribution in [0.4, 0.5) is 0 Å². The molecule has 0 aliphatic carbocycles. The summed E-state index contributed by atoms with van der Waals surface area (Å²) in [6.45, 7) is 2.27. The molecule has 0 saturated carbocycles. The van der Waals surface area contributed by atoms with Gasteiger partial charge in [0.2, 0.25) is 0 Å². The van der Waals surface area contributed by atoms with Gasteiger partial charge >= 0.3 is 0 Å². The Hall–Kier alpha value is -0.360. The van der Waals surface area contributed by atoms with Crippen LogP contribution in [0.15, 0.2) is 21.2 Å². The molecular formula is C13H18BrNO3. The Bertz CT molecular complexity index is 414. The molecule has 3 heterocycles. The minimum absolute atomic E-state index is 0.0577. The maximum atomic E-state index is 6.32. The first kappa shape index (κ1) is 12.7. The lowest BCUT2D eigenvalue weighted by Crippen LogP contribution is -2.43. The molecule has 1 spiro atoms. The van der Waals surface area contributed by atoms with Crippen LogP contribution >= 0.6 is 15.9 Å². The lowest BCUT2D eigenvalue weighted by molar-refractivity contribution is -0.102. The molecule has 3 unspecified atom stereocenters. The Kier molecular flexibility index (Phi) is 3.49. The third kappa shape index (κ3) is 2.37. The molecule has 0 aromatic carbocycles. The first-order valence-electron chi connectivity index (χ1n) is 6.41. The zero-order valence-corrected chi connectivity index (χ0v) is 11.8. The summed E-state index contributed by atoms with van der Waals surface area (Å²) in [7, 11) is 0. The molecule has 1 aromatic rings. The van der Waals surface area contributed by atoms with E-state index in [0.29, 0.717) is 12.5 Å². The van der Waals surface area contributed by atoms with Crippen molar-refractivity contribution in [1.82, 2.24) is 0 Å². The van der Waals surface area contributed by atoms with Crippen molar-refractivity contribution >= 4 is 15.9 Å². The lowest BCUT2D eigenvalue weighted by atomic mass is 9.81. The summed E-state index contributed by atoms with van der Waals surface area (Å²) < 4.78 is 17.7. The quantitative estimate of drug-likeness (QED) is 0.911. The van der Waals surface area contributed by atoms with Crippen LogP contribution in [0.2, 0.25) is 0 Å². The second-order valence-electron chi connectivity index (χ2n) is 5.25. The van der Waals surface area contributed by atoms with Gasteiger partial charge in [0.1, 0.15) is 5.76 Å². The largest absolute Gasteiger partial charge is 0.453 e. The zero-order valence-electron chi connectivity index (χ0n) is 10.2. The van der Waals surface area contributed by atoms with Crippen molar-refractivity contribution in [2.75, 3.05) is 19.8 Å². The molecule has 2 N–H and O–H groups in total. The molecular weight excluding hydrogens is 298 g/mol. The van der Waals surface area contributed by atoms with E-state index in [0.717, 1.165) is 42.9 Å². The number of hydrogen-bond donors (Lipinski definition) is 1. The third-order valence-electron chi connectivity index (χ3n) is 4.03. The molecule has 0 radical (unpaired) electrons. The van der Waals surface area contributed by atoms with Gasteiger partial charge in [0.15, 0.2) is 4.67 Å². The Morgan fingerprint density at radius 1 is 1.39 bits per heavy atom. The van der Waals surface area contributed by atoms with Gasteiger partial charge in [-0.05, 0) is 46.8 Å². The summed E-state index contributed by atoms with van der Waals surface area (Å²) in [6, 6.07) is 3.78. The number of ether oxygens (including phenoxy) is 2. The maximum absolute atomic E-state index is 6.32. The van der Waals surface area contributed by atoms with Crippen molar-refractivity contribution in [3.8, 4) is 0 Å². The van der Waals surface area contributed by atoms with Gasteiger partial charge in [-0.3, -0.25) is 0 Å². The van der Waals surface area contributed by atoms with E-state index < -0.39 is 0 Å². The Balaban J connectivity index is 1.72. The van der Waals surface area contributed by atoms with Gasteiger partial charge in [0.25, 0.3) is 0 Å². The van der Waals surface area contributed by atoms with E-state index in [2.05, 4.69) is 15.9 Å². The fraction of sp³-hybridized carbons (Fsp3) is 0.692. The van der Waals surface area contributed by atoms with E-state index in [-0.39, 0.29) is 11.6 Å². The molecule has 1 aromatic heterocycles. The number of hydrogen-bond acceptors (Lipinski definition) is 4. The number of nitrogens with two attached hydrogens (primary N) is 1. The summed E-state index contributed by atoms with van der Waals surface area (Å²) in [5, 5.41) is 0. The van der Waals surface area contributed by atoms with Crippen molar-refractivity contribution in [2.45, 2.75) is 30.9 Å². The Labute approximate surface area is 115 Å². The van der Waals surface area contributed by atoms with E-state index in [1.54, 1.807) is 0 Å². The SMILES string of the molecule is NC(c1ccc(Br)o1)C1CCOC2(CCOC2)C1. The summed E-state index contributed by atoms with van der Waals surface area (Å²) in [5.41, 5.74) is 6.23. The first-order valence-corrected chi connectivity index (χ1v) is 7.20. The molecule has 3 rings (SSSR count). The van der Waals surface area contributed by atoms with Crippen LogP contribution in [-0.2, 0) is 9.47 Å². The molecule has 2 aliphatic heterocycles. The van der Waals surface area contributed by atoms with Gasteiger partial charge in [-0.2, -0.15) is 0 Å². The fourth-order valence-electron chi connectivity index (χ4n) is 2.98. The zero-order chi connectivity index (χ0) is 12.6. The van der Waals surface area contributed by atoms with Crippen LogP contribution in [0.5, 0.6) is 0 Å². The highest BCUT2D eigenvalue weighted by molar-refractivity contribution is 9.10. The highest BCUT2D eigenvalue weighted by Crippen LogP contribution is 2.40. The highest BCUT2D eigenvalue weighted by atomic mass is 79.9. The molecule has 0 bridgehead atoms. The van der Waals surface area contributed by atoms with Crippen molar-refractivity contribution in [3.05, 3.63) is 22.6 Å². The van der Waals surface area contributed by atoms with Crippen LogP contribution < -0.4 is 5.73 Å². The molecule has 4 nitrogen and oxygen atoms in total. The van der Waals surface area contributed by atoms with Gasteiger partial charge in [-0.15, -0.1) is 0 Å². The van der Waals surface area contributed by atoms with Gasteiger partial charge in [-0.1, -0.05) is 0 Å². The van der Waals surface area contributed by atoms with Crippen LogP contribution in [0, 0.1) is 5.92 Å².